The van der Waals surface area contributed by atoms with Gasteiger partial charge in [0.25, 0.3) is 0 Å². The third-order valence-electron chi connectivity index (χ3n) is 8.14. The molecule has 2 amide bonds. The molecule has 44 heavy (non-hydrogen) atoms. The summed E-state index contributed by atoms with van der Waals surface area (Å²) < 4.78 is 13.0. The number of rotatable bonds is 11. The first kappa shape index (κ1) is 31.4. The van der Waals surface area contributed by atoms with Gasteiger partial charge in [-0.2, -0.15) is 0 Å². The van der Waals surface area contributed by atoms with E-state index in [0.29, 0.717) is 25.2 Å². The highest BCUT2D eigenvalue weighted by atomic mass is 16.7. The first-order valence-corrected chi connectivity index (χ1v) is 15.0. The highest BCUT2D eigenvalue weighted by Crippen LogP contribution is 2.38. The Morgan fingerprint density at radius 2 is 1.50 bits per heavy atom. The Bertz CT molecular complexity index is 1450. The lowest BCUT2D eigenvalue weighted by molar-refractivity contribution is -0.253. The van der Waals surface area contributed by atoms with Gasteiger partial charge in [0.1, 0.15) is 0 Å². The van der Waals surface area contributed by atoms with E-state index in [9.17, 15) is 15.0 Å². The summed E-state index contributed by atoms with van der Waals surface area (Å²) in [6.07, 6.45) is -1.03. The van der Waals surface area contributed by atoms with Crippen LogP contribution < -0.4 is 10.6 Å². The number of anilines is 1. The molecule has 5 atom stereocenters. The minimum absolute atomic E-state index is 0.0166. The number of carbonyl (C=O) groups is 1. The number of hydrogen-bond donors (Lipinski definition) is 4. The highest BCUT2D eigenvalue weighted by molar-refractivity contribution is 5.89. The van der Waals surface area contributed by atoms with Crippen LogP contribution in [0.1, 0.15) is 59.7 Å². The summed E-state index contributed by atoms with van der Waals surface area (Å²) in [6, 6.07) is 34.3. The van der Waals surface area contributed by atoms with Gasteiger partial charge in [-0.05, 0) is 48.4 Å². The Morgan fingerprint density at radius 1 is 0.864 bits per heavy atom. The lowest BCUT2D eigenvalue weighted by atomic mass is 9.98. The summed E-state index contributed by atoms with van der Waals surface area (Å²) >= 11 is 0. The molecule has 4 aromatic carbocycles. The van der Waals surface area contributed by atoms with E-state index < -0.39 is 12.4 Å². The number of nitrogens with one attached hydrogen (secondary N) is 2. The molecule has 0 saturated carbocycles. The minimum Gasteiger partial charge on any atom is -0.392 e. The second-order valence-electron chi connectivity index (χ2n) is 11.3. The molecule has 1 heterocycles. The zero-order valence-corrected chi connectivity index (χ0v) is 25.2. The molecule has 1 saturated heterocycles. The second-order valence-corrected chi connectivity index (χ2v) is 11.3. The van der Waals surface area contributed by atoms with Crippen LogP contribution in [-0.4, -0.2) is 46.9 Å². The molecule has 0 aliphatic carbocycles. The van der Waals surface area contributed by atoms with Crippen LogP contribution in [0.4, 0.5) is 10.5 Å². The lowest BCUT2D eigenvalue weighted by Gasteiger charge is -2.39. The van der Waals surface area contributed by atoms with E-state index in [0.717, 1.165) is 27.8 Å². The van der Waals surface area contributed by atoms with Gasteiger partial charge in [0.15, 0.2) is 6.29 Å². The first-order valence-electron chi connectivity index (χ1n) is 15.0. The van der Waals surface area contributed by atoms with Crippen LogP contribution in [0, 0.1) is 0 Å². The molecule has 8 heteroatoms. The molecule has 0 unspecified atom stereocenters. The average Bonchev–Trinajstić information content (AvgIpc) is 3.07. The molecule has 0 aromatic heterocycles. The predicted molar refractivity (Wildman–Crippen MR) is 171 cm³/mol. The van der Waals surface area contributed by atoms with Gasteiger partial charge in [-0.25, -0.2) is 4.79 Å². The number of nitrogens with zero attached hydrogens (tertiary/aromatic N) is 1. The number of benzene rings is 4. The average molecular weight is 596 g/mol. The molecule has 0 bridgehead atoms. The summed E-state index contributed by atoms with van der Waals surface area (Å²) in [5, 5.41) is 26.3. The van der Waals surface area contributed by atoms with Crippen LogP contribution in [0.25, 0.3) is 0 Å². The number of amides is 2. The van der Waals surface area contributed by atoms with E-state index in [2.05, 4.69) is 15.5 Å². The Hall–Kier alpha value is -4.05. The van der Waals surface area contributed by atoms with Crippen molar-refractivity contribution >= 4 is 11.7 Å². The maximum absolute atomic E-state index is 12.4. The first-order chi connectivity index (χ1) is 21.4. The zero-order valence-electron chi connectivity index (χ0n) is 25.2. The highest BCUT2D eigenvalue weighted by Gasteiger charge is 2.34. The molecular weight excluding hydrogens is 554 g/mol. The Labute approximate surface area is 259 Å². The van der Waals surface area contributed by atoms with Crippen molar-refractivity contribution in [3.05, 3.63) is 137 Å². The number of carbonyl (C=O) groups excluding carboxylic acids is 1. The quantitative estimate of drug-likeness (QED) is 0.167. The van der Waals surface area contributed by atoms with Gasteiger partial charge in [0.05, 0.1) is 24.9 Å². The van der Waals surface area contributed by atoms with Gasteiger partial charge in [0.2, 0.25) is 0 Å². The molecule has 8 nitrogen and oxygen atoms in total. The van der Waals surface area contributed by atoms with E-state index in [-0.39, 0.29) is 30.9 Å². The number of hydrogen-bond acceptors (Lipinski definition) is 6. The molecule has 1 fully saturated rings. The van der Waals surface area contributed by atoms with Crippen molar-refractivity contribution in [2.24, 2.45) is 0 Å². The summed E-state index contributed by atoms with van der Waals surface area (Å²) in [5.74, 6) is 0. The molecule has 4 N–H and O–H groups in total. The number of aliphatic hydroxyl groups excluding tert-OH is 2. The summed E-state index contributed by atoms with van der Waals surface area (Å²) in [5.41, 5.74) is 5.24. The van der Waals surface area contributed by atoms with Gasteiger partial charge < -0.3 is 30.3 Å². The van der Waals surface area contributed by atoms with Crippen LogP contribution in [0.2, 0.25) is 0 Å². The topological polar surface area (TPSA) is 103 Å². The maximum atomic E-state index is 12.4. The van der Waals surface area contributed by atoms with E-state index in [1.165, 1.54) is 0 Å². The molecule has 1 aliphatic rings. The standard InChI is InChI=1S/C36H41N3O5/c1-25(34(41)29-11-7-4-8-12-29)39(2)23-32-21-33(28-15-13-27(24-40)14-16-28)44-35(43-32)30-17-19-31(20-18-30)38-36(42)37-22-26-9-5-3-6-10-26/h3-20,25,32-35,40-41H,21-24H2,1-2H3,(H2,37,38,42)/t25-,32+,33-,34-,35-/m0/s1. The fourth-order valence-electron chi connectivity index (χ4n) is 5.37. The summed E-state index contributed by atoms with van der Waals surface area (Å²) in [6.45, 7) is 3.03. The number of ether oxygens (including phenoxy) is 2. The number of likely N-dealkylation sites (N-methyl/N-ethyl adjacent to an activating group) is 1. The van der Waals surface area contributed by atoms with Gasteiger partial charge >= 0.3 is 6.03 Å². The van der Waals surface area contributed by atoms with Crippen LogP contribution in [0.5, 0.6) is 0 Å². The molecule has 5 rings (SSSR count). The Balaban J connectivity index is 1.26. The van der Waals surface area contributed by atoms with E-state index in [1.54, 1.807) is 0 Å². The maximum Gasteiger partial charge on any atom is 0.319 e. The number of urea groups is 1. The van der Waals surface area contributed by atoms with E-state index in [1.807, 2.05) is 123 Å². The molecule has 4 aromatic rings. The largest absolute Gasteiger partial charge is 0.392 e. The number of aliphatic hydroxyl groups is 2. The summed E-state index contributed by atoms with van der Waals surface area (Å²) in [7, 11) is 2.00. The van der Waals surface area contributed by atoms with Crippen molar-refractivity contribution in [2.75, 3.05) is 18.9 Å². The van der Waals surface area contributed by atoms with Crippen molar-refractivity contribution in [3.8, 4) is 0 Å². The van der Waals surface area contributed by atoms with E-state index >= 15 is 0 Å². The van der Waals surface area contributed by atoms with Crippen molar-refractivity contribution < 1.29 is 24.5 Å². The van der Waals surface area contributed by atoms with Gasteiger partial charge in [-0.15, -0.1) is 0 Å². The van der Waals surface area contributed by atoms with Crippen molar-refractivity contribution in [1.82, 2.24) is 10.2 Å². The van der Waals surface area contributed by atoms with Crippen LogP contribution in [-0.2, 0) is 22.6 Å². The second kappa shape index (κ2) is 15.1. The molecule has 0 spiro atoms. The Kier molecular flexibility index (Phi) is 10.8. The normalized spacial score (nSPS) is 19.7. The third-order valence-corrected chi connectivity index (χ3v) is 8.14. The van der Waals surface area contributed by atoms with Crippen molar-refractivity contribution in [2.45, 2.75) is 57.1 Å². The zero-order chi connectivity index (χ0) is 30.9. The Morgan fingerprint density at radius 3 is 2.16 bits per heavy atom. The third kappa shape index (κ3) is 8.31. The fourth-order valence-corrected chi connectivity index (χ4v) is 5.37. The molecule has 230 valence electrons. The van der Waals surface area contributed by atoms with Crippen LogP contribution in [0.15, 0.2) is 109 Å². The fraction of sp³-hybridized carbons (Fsp3) is 0.306. The monoisotopic (exact) mass is 595 g/mol. The summed E-state index contributed by atoms with van der Waals surface area (Å²) in [4.78, 5) is 14.6. The minimum atomic E-state index is -0.636. The smallest absolute Gasteiger partial charge is 0.319 e. The van der Waals surface area contributed by atoms with Crippen molar-refractivity contribution in [3.63, 3.8) is 0 Å². The molecule has 1 aliphatic heterocycles. The van der Waals surface area contributed by atoms with Gasteiger partial charge in [0, 0.05) is 36.8 Å². The molecular formula is C36H41N3O5. The predicted octanol–water partition coefficient (Wildman–Crippen LogP) is 6.10. The lowest BCUT2D eigenvalue weighted by Crippen LogP contribution is -2.43. The van der Waals surface area contributed by atoms with Crippen LogP contribution in [0.3, 0.4) is 0 Å². The van der Waals surface area contributed by atoms with Crippen LogP contribution >= 0.6 is 0 Å². The van der Waals surface area contributed by atoms with Gasteiger partial charge in [-0.1, -0.05) is 97.1 Å². The SMILES string of the molecule is C[C@@H]([C@H](O)c1ccccc1)N(C)C[C@H]1C[C@@H](c2ccc(CO)cc2)O[C@@H](c2ccc(NC(=O)NCc3ccccc3)cc2)O1. The molecule has 0 radical (unpaired) electrons. The van der Waals surface area contributed by atoms with E-state index in [4.69, 9.17) is 9.47 Å². The van der Waals surface area contributed by atoms with Crippen molar-refractivity contribution in [1.29, 1.82) is 0 Å². The van der Waals surface area contributed by atoms with Gasteiger partial charge in [-0.3, -0.25) is 4.90 Å².